The Morgan fingerprint density at radius 3 is 2.64 bits per heavy atom. The fraction of sp³-hybridized carbons (Fsp3) is 0.400. The van der Waals surface area contributed by atoms with Gasteiger partial charge in [0.15, 0.2) is 0 Å². The molecule has 7 heteroatoms. The lowest BCUT2D eigenvalue weighted by atomic mass is 10.1. The summed E-state index contributed by atoms with van der Waals surface area (Å²) in [4.78, 5) is 41.8. The van der Waals surface area contributed by atoms with E-state index in [4.69, 9.17) is 4.84 Å². The molecule has 0 saturated carbocycles. The molecule has 22 heavy (non-hydrogen) atoms. The minimum atomic E-state index is -1.08. The maximum atomic E-state index is 13.6. The summed E-state index contributed by atoms with van der Waals surface area (Å²) in [5, 5.41) is 0.971. The first-order valence-corrected chi connectivity index (χ1v) is 6.75. The highest BCUT2D eigenvalue weighted by Crippen LogP contribution is 2.18. The van der Waals surface area contributed by atoms with Crippen LogP contribution in [0, 0.1) is 18.7 Å². The lowest BCUT2D eigenvalue weighted by Gasteiger charge is -2.22. The van der Waals surface area contributed by atoms with Gasteiger partial charge in [-0.25, -0.2) is 9.45 Å². The molecule has 0 aromatic heterocycles. The SMILES string of the molecule is CON(Cc1ccc(C)c(F)c1)C(=O)C1CN(C)C(=O)C1=O. The first-order chi connectivity index (χ1) is 10.3. The number of carbonyl (C=O) groups excluding carboxylic acids is 3. The van der Waals surface area contributed by atoms with Crippen molar-refractivity contribution >= 4 is 17.6 Å². The van der Waals surface area contributed by atoms with E-state index in [0.29, 0.717) is 11.1 Å². The predicted octanol–water partition coefficient (Wildman–Crippen LogP) is 0.681. The van der Waals surface area contributed by atoms with Crippen LogP contribution in [0.3, 0.4) is 0 Å². The molecule has 118 valence electrons. The maximum absolute atomic E-state index is 13.6. The van der Waals surface area contributed by atoms with Gasteiger partial charge in [0.25, 0.3) is 11.8 Å². The average molecular weight is 308 g/mol. The summed E-state index contributed by atoms with van der Waals surface area (Å²) < 4.78 is 13.6. The minimum Gasteiger partial charge on any atom is -0.338 e. The first-order valence-electron chi connectivity index (χ1n) is 6.75. The van der Waals surface area contributed by atoms with E-state index in [-0.39, 0.29) is 18.9 Å². The zero-order valence-corrected chi connectivity index (χ0v) is 12.6. The van der Waals surface area contributed by atoms with Gasteiger partial charge in [0.05, 0.1) is 13.7 Å². The lowest BCUT2D eigenvalue weighted by molar-refractivity contribution is -0.183. The van der Waals surface area contributed by atoms with E-state index in [0.717, 1.165) is 5.06 Å². The number of amides is 2. The summed E-state index contributed by atoms with van der Waals surface area (Å²) in [6.45, 7) is 1.66. The number of carbonyl (C=O) groups is 3. The second-order valence-corrected chi connectivity index (χ2v) is 5.24. The number of aryl methyl sites for hydroxylation is 1. The molecule has 0 aliphatic carbocycles. The fourth-order valence-electron chi connectivity index (χ4n) is 2.27. The normalized spacial score (nSPS) is 18.0. The van der Waals surface area contributed by atoms with E-state index in [9.17, 15) is 18.8 Å². The van der Waals surface area contributed by atoms with Crippen LogP contribution in [-0.2, 0) is 25.8 Å². The van der Waals surface area contributed by atoms with Crippen LogP contribution in [0.15, 0.2) is 18.2 Å². The van der Waals surface area contributed by atoms with E-state index in [1.54, 1.807) is 19.1 Å². The largest absolute Gasteiger partial charge is 0.338 e. The molecular formula is C15H17FN2O4. The number of ketones is 1. The van der Waals surface area contributed by atoms with E-state index in [1.807, 2.05) is 0 Å². The molecule has 0 N–H and O–H groups in total. The topological polar surface area (TPSA) is 66.9 Å². The van der Waals surface area contributed by atoms with Crippen LogP contribution in [0.1, 0.15) is 11.1 Å². The van der Waals surface area contributed by atoms with E-state index in [2.05, 4.69) is 0 Å². The third-order valence-electron chi connectivity index (χ3n) is 3.66. The van der Waals surface area contributed by atoms with Gasteiger partial charge < -0.3 is 4.90 Å². The Hall–Kier alpha value is -2.28. The van der Waals surface area contributed by atoms with Gasteiger partial charge >= 0.3 is 0 Å². The Labute approximate surface area is 127 Å². The second kappa shape index (κ2) is 6.23. The Bertz CT molecular complexity index is 632. The molecule has 0 bridgehead atoms. The van der Waals surface area contributed by atoms with Crippen molar-refractivity contribution in [3.05, 3.63) is 35.1 Å². The summed E-state index contributed by atoms with van der Waals surface area (Å²) in [5.74, 6) is -3.49. The second-order valence-electron chi connectivity index (χ2n) is 5.24. The number of benzene rings is 1. The van der Waals surface area contributed by atoms with Crippen LogP contribution in [0.5, 0.6) is 0 Å². The number of likely N-dealkylation sites (tertiary alicyclic amines) is 1. The monoisotopic (exact) mass is 308 g/mol. The zero-order chi connectivity index (χ0) is 16.4. The van der Waals surface area contributed by atoms with E-state index >= 15 is 0 Å². The number of nitrogens with zero attached hydrogens (tertiary/aromatic N) is 2. The lowest BCUT2D eigenvalue weighted by Crippen LogP contribution is -2.38. The van der Waals surface area contributed by atoms with Crippen LogP contribution >= 0.6 is 0 Å². The van der Waals surface area contributed by atoms with Crippen molar-refractivity contribution in [2.24, 2.45) is 5.92 Å². The van der Waals surface area contributed by atoms with E-state index in [1.165, 1.54) is 25.1 Å². The number of rotatable bonds is 4. The highest BCUT2D eigenvalue weighted by atomic mass is 19.1. The van der Waals surface area contributed by atoms with Crippen molar-refractivity contribution in [1.29, 1.82) is 0 Å². The maximum Gasteiger partial charge on any atom is 0.290 e. The van der Waals surface area contributed by atoms with Crippen molar-refractivity contribution in [3.63, 3.8) is 0 Å². The predicted molar refractivity (Wildman–Crippen MR) is 74.8 cm³/mol. The van der Waals surface area contributed by atoms with Gasteiger partial charge in [-0.2, -0.15) is 0 Å². The highest BCUT2D eigenvalue weighted by Gasteiger charge is 2.43. The third-order valence-corrected chi connectivity index (χ3v) is 3.66. The number of halogens is 1. The standard InChI is InChI=1S/C15H17FN2O4/c1-9-4-5-10(6-12(9)16)7-18(22-3)14(20)11-8-17(2)15(21)13(11)19/h4-6,11H,7-8H2,1-3H3. The van der Waals surface area contributed by atoms with Gasteiger partial charge in [0, 0.05) is 13.6 Å². The molecule has 1 aliphatic rings. The Balaban J connectivity index is 2.14. The highest BCUT2D eigenvalue weighted by molar-refractivity contribution is 6.42. The molecular weight excluding hydrogens is 291 g/mol. The molecule has 0 spiro atoms. The molecule has 1 saturated heterocycles. The molecule has 1 aromatic rings. The summed E-state index contributed by atoms with van der Waals surface area (Å²) in [7, 11) is 2.74. The third kappa shape index (κ3) is 2.99. The minimum absolute atomic E-state index is 0.00574. The average Bonchev–Trinajstić information content (AvgIpc) is 2.75. The number of Topliss-reactive ketones (excluding diaryl/α,β-unsaturated/α-hetero) is 1. The quantitative estimate of drug-likeness (QED) is 0.466. The Morgan fingerprint density at radius 1 is 1.45 bits per heavy atom. The molecule has 1 aliphatic heterocycles. The molecule has 6 nitrogen and oxygen atoms in total. The molecule has 1 fully saturated rings. The molecule has 1 unspecified atom stereocenters. The Morgan fingerprint density at radius 2 is 2.14 bits per heavy atom. The summed E-state index contributed by atoms with van der Waals surface area (Å²) in [6.07, 6.45) is 0. The zero-order valence-electron chi connectivity index (χ0n) is 12.6. The van der Waals surface area contributed by atoms with Crippen molar-refractivity contribution in [2.75, 3.05) is 20.7 Å². The number of hydrogen-bond donors (Lipinski definition) is 0. The Kier molecular flexibility index (Phi) is 4.56. The van der Waals surface area contributed by atoms with Gasteiger partial charge in [-0.15, -0.1) is 0 Å². The smallest absolute Gasteiger partial charge is 0.290 e. The van der Waals surface area contributed by atoms with Crippen LogP contribution < -0.4 is 0 Å². The number of likely N-dealkylation sites (N-methyl/N-ethyl adjacent to an activating group) is 1. The van der Waals surface area contributed by atoms with Gasteiger partial charge in [-0.05, 0) is 24.1 Å². The van der Waals surface area contributed by atoms with Crippen molar-refractivity contribution in [2.45, 2.75) is 13.5 Å². The van der Waals surface area contributed by atoms with Crippen LogP contribution in [0.4, 0.5) is 4.39 Å². The van der Waals surface area contributed by atoms with Crippen molar-refractivity contribution in [3.8, 4) is 0 Å². The molecule has 2 rings (SSSR count). The van der Waals surface area contributed by atoms with E-state index < -0.39 is 23.5 Å². The summed E-state index contributed by atoms with van der Waals surface area (Å²) in [5.41, 5.74) is 1.03. The summed E-state index contributed by atoms with van der Waals surface area (Å²) in [6, 6.07) is 4.58. The van der Waals surface area contributed by atoms with Crippen LogP contribution in [0.2, 0.25) is 0 Å². The van der Waals surface area contributed by atoms with Gasteiger partial charge in [-0.3, -0.25) is 19.2 Å². The van der Waals surface area contributed by atoms with Gasteiger partial charge in [0.1, 0.15) is 11.7 Å². The molecule has 1 atom stereocenters. The summed E-state index contributed by atoms with van der Waals surface area (Å²) >= 11 is 0. The number of hydrogen-bond acceptors (Lipinski definition) is 4. The van der Waals surface area contributed by atoms with Crippen molar-refractivity contribution in [1.82, 2.24) is 9.96 Å². The molecule has 1 aromatic carbocycles. The first kappa shape index (κ1) is 16.1. The molecule has 1 heterocycles. The van der Waals surface area contributed by atoms with Gasteiger partial charge in [0.2, 0.25) is 5.78 Å². The van der Waals surface area contributed by atoms with Crippen LogP contribution in [0.25, 0.3) is 0 Å². The molecule has 2 amide bonds. The number of hydroxylamine groups is 2. The van der Waals surface area contributed by atoms with Gasteiger partial charge in [-0.1, -0.05) is 12.1 Å². The molecule has 0 radical (unpaired) electrons. The van der Waals surface area contributed by atoms with Crippen molar-refractivity contribution < 1.29 is 23.6 Å². The van der Waals surface area contributed by atoms with Crippen LogP contribution in [-0.4, -0.2) is 48.3 Å². The fourth-order valence-corrected chi connectivity index (χ4v) is 2.27.